The van der Waals surface area contributed by atoms with Crippen LogP contribution in [0.4, 0.5) is 14.5 Å². The molecule has 1 aromatic carbocycles. The smallest absolute Gasteiger partial charge is 0.319 e. The highest BCUT2D eigenvalue weighted by atomic mass is 19.2. The second-order valence-electron chi connectivity index (χ2n) is 3.11. The van der Waals surface area contributed by atoms with E-state index in [9.17, 15) is 13.6 Å². The number of hydrogen-bond donors (Lipinski definition) is 2. The van der Waals surface area contributed by atoms with Gasteiger partial charge < -0.3 is 15.8 Å². The Morgan fingerprint density at radius 3 is 2.81 bits per heavy atom. The Kier molecular flexibility index (Phi) is 4.19. The molecule has 0 atom stereocenters. The van der Waals surface area contributed by atoms with Crippen LogP contribution in [0.15, 0.2) is 12.1 Å². The minimum atomic E-state index is -1.00. The van der Waals surface area contributed by atoms with Crippen LogP contribution in [0.1, 0.15) is 5.56 Å². The molecule has 0 aliphatic rings. The summed E-state index contributed by atoms with van der Waals surface area (Å²) >= 11 is 0. The average molecular weight is 230 g/mol. The second kappa shape index (κ2) is 5.41. The van der Waals surface area contributed by atoms with Crippen LogP contribution in [0.2, 0.25) is 0 Å². The Bertz CT molecular complexity index is 397. The van der Waals surface area contributed by atoms with Crippen molar-refractivity contribution in [1.29, 1.82) is 0 Å². The molecule has 0 aliphatic heterocycles. The van der Waals surface area contributed by atoms with Gasteiger partial charge in [0.25, 0.3) is 0 Å². The lowest BCUT2D eigenvalue weighted by Gasteiger charge is -2.08. The summed E-state index contributed by atoms with van der Waals surface area (Å²) in [6.45, 7) is -0.129. The summed E-state index contributed by atoms with van der Waals surface area (Å²) in [6.07, 6.45) is 0. The molecule has 0 heterocycles. The van der Waals surface area contributed by atoms with Crippen LogP contribution in [0.5, 0.6) is 0 Å². The van der Waals surface area contributed by atoms with E-state index in [1.54, 1.807) is 0 Å². The molecule has 0 unspecified atom stereocenters. The van der Waals surface area contributed by atoms with Crippen molar-refractivity contribution < 1.29 is 18.3 Å². The van der Waals surface area contributed by atoms with E-state index in [0.29, 0.717) is 0 Å². The number of carbonyl (C=O) groups excluding carboxylic acids is 1. The van der Waals surface area contributed by atoms with Gasteiger partial charge in [0.2, 0.25) is 0 Å². The molecule has 4 nitrogen and oxygen atoms in total. The molecule has 0 radical (unpaired) electrons. The Balaban J connectivity index is 2.67. The quantitative estimate of drug-likeness (QED) is 0.593. The number of rotatable bonds is 4. The van der Waals surface area contributed by atoms with Gasteiger partial charge in [0, 0.05) is 17.8 Å². The third-order valence-electron chi connectivity index (χ3n) is 2.03. The van der Waals surface area contributed by atoms with E-state index in [1.807, 2.05) is 0 Å². The zero-order valence-corrected chi connectivity index (χ0v) is 8.72. The molecule has 0 aromatic heterocycles. The molecule has 0 fully saturated rings. The zero-order valence-electron chi connectivity index (χ0n) is 8.72. The van der Waals surface area contributed by atoms with E-state index in [2.05, 4.69) is 10.1 Å². The van der Waals surface area contributed by atoms with Gasteiger partial charge in [-0.15, -0.1) is 0 Å². The number of ether oxygens (including phenoxy) is 1. The molecule has 0 amide bonds. The van der Waals surface area contributed by atoms with Crippen molar-refractivity contribution in [3.63, 3.8) is 0 Å². The first-order valence-corrected chi connectivity index (χ1v) is 4.56. The van der Waals surface area contributed by atoms with Crippen LogP contribution in [-0.2, 0) is 16.1 Å². The molecule has 3 N–H and O–H groups in total. The van der Waals surface area contributed by atoms with Gasteiger partial charge >= 0.3 is 5.97 Å². The summed E-state index contributed by atoms with van der Waals surface area (Å²) in [5.74, 6) is -2.46. The Morgan fingerprint density at radius 2 is 2.19 bits per heavy atom. The molecule has 0 saturated carbocycles. The number of methoxy groups -OCH3 is 1. The highest BCUT2D eigenvalue weighted by Gasteiger charge is 2.11. The van der Waals surface area contributed by atoms with Gasteiger partial charge in [0.15, 0.2) is 11.6 Å². The van der Waals surface area contributed by atoms with Crippen LogP contribution in [0.25, 0.3) is 0 Å². The highest BCUT2D eigenvalue weighted by Crippen LogP contribution is 2.18. The number of nitrogens with one attached hydrogen (secondary N) is 1. The first kappa shape index (κ1) is 12.4. The van der Waals surface area contributed by atoms with Gasteiger partial charge in [-0.25, -0.2) is 8.78 Å². The third-order valence-corrected chi connectivity index (χ3v) is 2.03. The fraction of sp³-hybridized carbons (Fsp3) is 0.300. The Morgan fingerprint density at radius 1 is 1.50 bits per heavy atom. The topological polar surface area (TPSA) is 64.3 Å². The van der Waals surface area contributed by atoms with E-state index in [4.69, 9.17) is 5.73 Å². The number of anilines is 1. The molecule has 1 aromatic rings. The third kappa shape index (κ3) is 2.90. The summed E-state index contributed by atoms with van der Waals surface area (Å²) in [4.78, 5) is 10.8. The Hall–Kier alpha value is -1.69. The van der Waals surface area contributed by atoms with Gasteiger partial charge in [-0.2, -0.15) is 0 Å². The SMILES string of the molecule is COC(=O)CNCc1c(N)ccc(F)c1F. The lowest BCUT2D eigenvalue weighted by molar-refractivity contribution is -0.139. The maximum absolute atomic E-state index is 13.3. The maximum atomic E-state index is 13.3. The summed E-state index contributed by atoms with van der Waals surface area (Å²) in [5.41, 5.74) is 5.62. The van der Waals surface area contributed by atoms with Crippen LogP contribution < -0.4 is 11.1 Å². The maximum Gasteiger partial charge on any atom is 0.319 e. The van der Waals surface area contributed by atoms with E-state index in [1.165, 1.54) is 13.2 Å². The number of benzene rings is 1. The monoisotopic (exact) mass is 230 g/mol. The summed E-state index contributed by atoms with van der Waals surface area (Å²) in [5, 5.41) is 2.60. The molecule has 0 saturated heterocycles. The van der Waals surface area contributed by atoms with Crippen molar-refractivity contribution in [1.82, 2.24) is 5.32 Å². The number of esters is 1. The number of halogens is 2. The van der Waals surface area contributed by atoms with Crippen molar-refractivity contribution in [2.24, 2.45) is 0 Å². The van der Waals surface area contributed by atoms with Crippen molar-refractivity contribution >= 4 is 11.7 Å². The van der Waals surface area contributed by atoms with Crippen LogP contribution in [-0.4, -0.2) is 19.6 Å². The fourth-order valence-electron chi connectivity index (χ4n) is 1.15. The van der Waals surface area contributed by atoms with Gasteiger partial charge in [0.1, 0.15) is 0 Å². The molecule has 0 bridgehead atoms. The number of hydrogen-bond acceptors (Lipinski definition) is 4. The highest BCUT2D eigenvalue weighted by molar-refractivity contribution is 5.71. The van der Waals surface area contributed by atoms with E-state index < -0.39 is 17.6 Å². The number of nitrogens with two attached hydrogens (primary N) is 1. The molecule has 16 heavy (non-hydrogen) atoms. The Labute approximate surface area is 91.4 Å². The summed E-state index contributed by atoms with van der Waals surface area (Å²) in [7, 11) is 1.24. The lowest BCUT2D eigenvalue weighted by atomic mass is 10.1. The number of nitrogen functional groups attached to an aromatic ring is 1. The second-order valence-corrected chi connectivity index (χ2v) is 3.11. The van der Waals surface area contributed by atoms with Crippen LogP contribution >= 0.6 is 0 Å². The van der Waals surface area contributed by atoms with Crippen molar-refractivity contribution in [3.8, 4) is 0 Å². The van der Waals surface area contributed by atoms with E-state index >= 15 is 0 Å². The largest absolute Gasteiger partial charge is 0.468 e. The fourth-order valence-corrected chi connectivity index (χ4v) is 1.15. The van der Waals surface area contributed by atoms with Gasteiger partial charge in [-0.1, -0.05) is 0 Å². The standard InChI is InChI=1S/C10H12F2N2O2/c1-16-9(15)5-14-4-6-8(13)3-2-7(11)10(6)12/h2-3,14H,4-5,13H2,1H3. The summed E-state index contributed by atoms with van der Waals surface area (Å²) < 4.78 is 30.5. The van der Waals surface area contributed by atoms with E-state index in [-0.39, 0.29) is 24.3 Å². The zero-order chi connectivity index (χ0) is 12.1. The minimum Gasteiger partial charge on any atom is -0.468 e. The van der Waals surface area contributed by atoms with Crippen LogP contribution in [0, 0.1) is 11.6 Å². The first-order chi connectivity index (χ1) is 7.56. The molecule has 88 valence electrons. The van der Waals surface area contributed by atoms with Gasteiger partial charge in [-0.3, -0.25) is 4.79 Å². The molecular weight excluding hydrogens is 218 g/mol. The molecule has 0 aliphatic carbocycles. The van der Waals surface area contributed by atoms with Crippen molar-refractivity contribution in [2.45, 2.75) is 6.54 Å². The lowest BCUT2D eigenvalue weighted by Crippen LogP contribution is -2.24. The normalized spacial score (nSPS) is 10.2. The molecule has 0 spiro atoms. The molecular formula is C10H12F2N2O2. The number of carbonyl (C=O) groups is 1. The predicted molar refractivity (Wildman–Crippen MR) is 54.5 cm³/mol. The van der Waals surface area contributed by atoms with E-state index in [0.717, 1.165) is 6.07 Å². The predicted octanol–water partition coefficient (Wildman–Crippen LogP) is 0.810. The van der Waals surface area contributed by atoms with Crippen molar-refractivity contribution in [2.75, 3.05) is 19.4 Å². The minimum absolute atomic E-state index is 0.00361. The molecule has 1 rings (SSSR count). The first-order valence-electron chi connectivity index (χ1n) is 4.56. The van der Waals surface area contributed by atoms with Gasteiger partial charge in [-0.05, 0) is 12.1 Å². The summed E-state index contributed by atoms with van der Waals surface area (Å²) in [6, 6.07) is 2.22. The van der Waals surface area contributed by atoms with Crippen LogP contribution in [0.3, 0.4) is 0 Å². The van der Waals surface area contributed by atoms with Crippen molar-refractivity contribution in [3.05, 3.63) is 29.3 Å². The van der Waals surface area contributed by atoms with Gasteiger partial charge in [0.05, 0.1) is 13.7 Å². The molecule has 6 heteroatoms. The average Bonchev–Trinajstić information content (AvgIpc) is 2.28.